The number of hydrogen-bond acceptors (Lipinski definition) is 7. The minimum absolute atomic E-state index is 0.000927. The highest BCUT2D eigenvalue weighted by atomic mass is 16.5. The number of benzene rings is 2. The van der Waals surface area contributed by atoms with Gasteiger partial charge in [-0.3, -0.25) is 29.7 Å². The van der Waals surface area contributed by atoms with Crippen molar-refractivity contribution in [2.45, 2.75) is 46.8 Å². The van der Waals surface area contributed by atoms with Crippen molar-refractivity contribution >= 4 is 29.6 Å². The first-order valence-electron chi connectivity index (χ1n) is 11.9. The third-order valence-corrected chi connectivity index (χ3v) is 6.08. The number of anilines is 1. The standard InChI is InChI=1S/C27H28N4O6/c1-4-36-25(33)13-23-16(2)30-31(17(23)3)14-18-5-8-21(9-6-18)28-27(35)37-15-19-7-10-22-20(11-19)12-24(32)29-26(22)34/h5-11H,4,12-15H2,1-3H3,(H,28,35)(H,29,32,34). The van der Waals surface area contributed by atoms with Crippen molar-refractivity contribution in [2.75, 3.05) is 11.9 Å². The molecular formula is C27H28N4O6. The molecule has 0 radical (unpaired) electrons. The largest absolute Gasteiger partial charge is 0.466 e. The number of nitrogens with one attached hydrogen (secondary N) is 2. The summed E-state index contributed by atoms with van der Waals surface area (Å²) in [7, 11) is 0. The number of carbonyl (C=O) groups is 4. The fourth-order valence-corrected chi connectivity index (χ4v) is 4.19. The summed E-state index contributed by atoms with van der Waals surface area (Å²) in [5, 5.41) is 9.51. The number of aromatic nitrogens is 2. The zero-order valence-electron chi connectivity index (χ0n) is 20.9. The summed E-state index contributed by atoms with van der Waals surface area (Å²) < 4.78 is 12.2. The SMILES string of the molecule is CCOC(=O)Cc1c(C)nn(Cc2ccc(NC(=O)OCc3ccc4c(c3)CC(=O)NC4=O)cc2)c1C. The first-order valence-corrected chi connectivity index (χ1v) is 11.9. The highest BCUT2D eigenvalue weighted by molar-refractivity contribution is 6.09. The Morgan fingerprint density at radius 1 is 1.05 bits per heavy atom. The van der Waals surface area contributed by atoms with Gasteiger partial charge in [0.25, 0.3) is 5.91 Å². The van der Waals surface area contributed by atoms with Crippen LogP contribution in [0.1, 0.15) is 50.9 Å². The van der Waals surface area contributed by atoms with Crippen LogP contribution in [-0.4, -0.2) is 40.3 Å². The summed E-state index contributed by atoms with van der Waals surface area (Å²) in [6, 6.07) is 12.3. The molecule has 0 spiro atoms. The normalized spacial score (nSPS) is 12.5. The zero-order chi connectivity index (χ0) is 26.5. The summed E-state index contributed by atoms with van der Waals surface area (Å²) >= 11 is 0. The highest BCUT2D eigenvalue weighted by Crippen LogP contribution is 2.19. The van der Waals surface area contributed by atoms with E-state index in [0.717, 1.165) is 22.5 Å². The van der Waals surface area contributed by atoms with Gasteiger partial charge in [0.1, 0.15) is 6.61 Å². The van der Waals surface area contributed by atoms with Crippen LogP contribution >= 0.6 is 0 Å². The van der Waals surface area contributed by atoms with Crippen molar-refractivity contribution in [3.63, 3.8) is 0 Å². The van der Waals surface area contributed by atoms with Crippen LogP contribution in [0.25, 0.3) is 0 Å². The zero-order valence-corrected chi connectivity index (χ0v) is 20.9. The molecule has 0 fully saturated rings. The Morgan fingerprint density at radius 2 is 1.78 bits per heavy atom. The van der Waals surface area contributed by atoms with E-state index in [1.165, 1.54) is 0 Å². The summed E-state index contributed by atoms with van der Waals surface area (Å²) in [5.41, 5.74) is 5.85. The third-order valence-electron chi connectivity index (χ3n) is 6.08. The third kappa shape index (κ3) is 6.21. The van der Waals surface area contributed by atoms with Crippen molar-refractivity contribution in [1.82, 2.24) is 15.1 Å². The van der Waals surface area contributed by atoms with Gasteiger partial charge in [-0.05, 0) is 55.7 Å². The summed E-state index contributed by atoms with van der Waals surface area (Å²) in [6.45, 7) is 6.43. The first kappa shape index (κ1) is 25.6. The smallest absolute Gasteiger partial charge is 0.411 e. The molecule has 2 aromatic carbocycles. The van der Waals surface area contributed by atoms with Crippen LogP contribution in [-0.2, 0) is 45.1 Å². The number of fused-ring (bicyclic) bond motifs is 1. The van der Waals surface area contributed by atoms with Gasteiger partial charge in [0.05, 0.1) is 31.7 Å². The van der Waals surface area contributed by atoms with Gasteiger partial charge >= 0.3 is 12.1 Å². The fraction of sp³-hybridized carbons (Fsp3) is 0.296. The lowest BCUT2D eigenvalue weighted by atomic mass is 9.98. The lowest BCUT2D eigenvalue weighted by Crippen LogP contribution is -2.37. The van der Waals surface area contributed by atoms with Gasteiger partial charge in [0, 0.05) is 22.5 Å². The molecule has 10 nitrogen and oxygen atoms in total. The average Bonchev–Trinajstić information content (AvgIpc) is 3.11. The molecule has 2 N–H and O–H groups in total. The van der Waals surface area contributed by atoms with Gasteiger partial charge in [-0.2, -0.15) is 5.10 Å². The molecule has 0 saturated heterocycles. The highest BCUT2D eigenvalue weighted by Gasteiger charge is 2.22. The van der Waals surface area contributed by atoms with E-state index < -0.39 is 12.0 Å². The lowest BCUT2D eigenvalue weighted by Gasteiger charge is -2.16. The molecule has 3 aromatic rings. The topological polar surface area (TPSA) is 129 Å². The lowest BCUT2D eigenvalue weighted by molar-refractivity contribution is -0.142. The second-order valence-corrected chi connectivity index (χ2v) is 8.73. The summed E-state index contributed by atoms with van der Waals surface area (Å²) in [4.78, 5) is 47.6. The van der Waals surface area contributed by atoms with Gasteiger partial charge in [-0.25, -0.2) is 4.79 Å². The molecule has 1 aromatic heterocycles. The van der Waals surface area contributed by atoms with Gasteiger partial charge in [0.15, 0.2) is 0 Å². The van der Waals surface area contributed by atoms with Gasteiger partial charge in [0.2, 0.25) is 5.91 Å². The number of ether oxygens (including phenoxy) is 2. The molecule has 0 bridgehead atoms. The quantitative estimate of drug-likeness (QED) is 0.356. The Bertz CT molecular complexity index is 1360. The molecule has 0 aliphatic carbocycles. The number of esters is 1. The van der Waals surface area contributed by atoms with E-state index in [4.69, 9.17) is 9.47 Å². The maximum atomic E-state index is 12.3. The van der Waals surface area contributed by atoms with Crippen LogP contribution in [0.15, 0.2) is 42.5 Å². The van der Waals surface area contributed by atoms with Crippen LogP contribution in [0.4, 0.5) is 10.5 Å². The van der Waals surface area contributed by atoms with E-state index in [2.05, 4.69) is 15.7 Å². The molecule has 192 valence electrons. The molecule has 10 heteroatoms. The first-order chi connectivity index (χ1) is 17.7. The van der Waals surface area contributed by atoms with Crippen molar-refractivity contribution in [1.29, 1.82) is 0 Å². The van der Waals surface area contributed by atoms with Crippen molar-refractivity contribution in [3.8, 4) is 0 Å². The molecule has 1 aliphatic rings. The van der Waals surface area contributed by atoms with E-state index in [-0.39, 0.29) is 31.3 Å². The van der Waals surface area contributed by atoms with Gasteiger partial charge in [-0.1, -0.05) is 24.3 Å². The molecule has 4 rings (SSSR count). The van der Waals surface area contributed by atoms with E-state index >= 15 is 0 Å². The minimum Gasteiger partial charge on any atom is -0.466 e. The molecule has 0 unspecified atom stereocenters. The molecular weight excluding hydrogens is 476 g/mol. The summed E-state index contributed by atoms with van der Waals surface area (Å²) in [5.74, 6) is -1.05. The second-order valence-electron chi connectivity index (χ2n) is 8.73. The number of hydrogen-bond donors (Lipinski definition) is 2. The Labute approximate surface area is 213 Å². The van der Waals surface area contributed by atoms with Crippen molar-refractivity contribution in [3.05, 3.63) is 81.7 Å². The molecule has 0 saturated carbocycles. The van der Waals surface area contributed by atoms with Crippen LogP contribution in [0.5, 0.6) is 0 Å². The minimum atomic E-state index is -0.624. The molecule has 2 heterocycles. The summed E-state index contributed by atoms with van der Waals surface area (Å²) in [6.07, 6.45) is -0.325. The van der Waals surface area contributed by atoms with Crippen LogP contribution < -0.4 is 10.6 Å². The Morgan fingerprint density at radius 3 is 2.51 bits per heavy atom. The predicted molar refractivity (Wildman–Crippen MR) is 134 cm³/mol. The molecule has 3 amide bonds. The van der Waals surface area contributed by atoms with Crippen molar-refractivity contribution in [2.24, 2.45) is 0 Å². The van der Waals surface area contributed by atoms with Crippen LogP contribution in [0.3, 0.4) is 0 Å². The molecule has 0 atom stereocenters. The van der Waals surface area contributed by atoms with Crippen LogP contribution in [0.2, 0.25) is 0 Å². The Hall–Kier alpha value is -4.47. The van der Waals surface area contributed by atoms with E-state index in [1.807, 2.05) is 30.7 Å². The number of amides is 3. The maximum Gasteiger partial charge on any atom is 0.411 e. The van der Waals surface area contributed by atoms with E-state index in [0.29, 0.717) is 35.5 Å². The monoisotopic (exact) mass is 504 g/mol. The van der Waals surface area contributed by atoms with Gasteiger partial charge < -0.3 is 9.47 Å². The molecule has 37 heavy (non-hydrogen) atoms. The Balaban J connectivity index is 1.32. The fourth-order valence-electron chi connectivity index (χ4n) is 4.19. The van der Waals surface area contributed by atoms with E-state index in [1.54, 1.807) is 37.3 Å². The number of aryl methyl sites for hydroxylation is 1. The van der Waals surface area contributed by atoms with Crippen molar-refractivity contribution < 1.29 is 28.7 Å². The van der Waals surface area contributed by atoms with Crippen LogP contribution in [0, 0.1) is 13.8 Å². The molecule has 1 aliphatic heterocycles. The number of rotatable bonds is 8. The second kappa shape index (κ2) is 11.1. The van der Waals surface area contributed by atoms with E-state index in [9.17, 15) is 19.2 Å². The van der Waals surface area contributed by atoms with Gasteiger partial charge in [-0.15, -0.1) is 0 Å². The Kier molecular flexibility index (Phi) is 7.66. The maximum absolute atomic E-state index is 12.3. The predicted octanol–water partition coefficient (Wildman–Crippen LogP) is 3.22. The number of nitrogens with zero attached hydrogens (tertiary/aromatic N) is 2. The average molecular weight is 505 g/mol. The number of carbonyl (C=O) groups excluding carboxylic acids is 4. The number of imide groups is 1.